The molecule has 24 heavy (non-hydrogen) atoms. The third-order valence-electron chi connectivity index (χ3n) is 6.55. The van der Waals surface area contributed by atoms with Crippen LogP contribution in [0, 0.1) is 18.8 Å². The largest absolute Gasteiger partial charge is 0.396 e. The average Bonchev–Trinajstić information content (AvgIpc) is 3.30. The summed E-state index contributed by atoms with van der Waals surface area (Å²) in [5.41, 5.74) is 2.62. The standard InChI is InChI=1S/C19H32N4O/c1-15-18(12-22-11-17-2-3-19(22)10-17)13-23(20-15)9-8-21-6-4-16(14-24)5-7-21/h13,16-17,19,24H,2-12,14H2,1H3/t17-,19-/m0/s1. The van der Waals surface area contributed by atoms with Crippen molar-refractivity contribution in [2.45, 2.75) is 58.2 Å². The summed E-state index contributed by atoms with van der Waals surface area (Å²) in [7, 11) is 0. The molecule has 2 bridgehead atoms. The van der Waals surface area contributed by atoms with Gasteiger partial charge in [-0.15, -0.1) is 0 Å². The van der Waals surface area contributed by atoms with Crippen molar-refractivity contribution in [3.05, 3.63) is 17.5 Å². The van der Waals surface area contributed by atoms with Crippen LogP contribution in [0.4, 0.5) is 0 Å². The number of hydrogen-bond acceptors (Lipinski definition) is 4. The monoisotopic (exact) mass is 332 g/mol. The zero-order valence-corrected chi connectivity index (χ0v) is 15.0. The van der Waals surface area contributed by atoms with Crippen LogP contribution in [-0.4, -0.2) is 63.5 Å². The Kier molecular flexibility index (Phi) is 4.93. The van der Waals surface area contributed by atoms with Crippen molar-refractivity contribution >= 4 is 0 Å². The lowest BCUT2D eigenvalue weighted by Crippen LogP contribution is -2.36. The van der Waals surface area contributed by atoms with E-state index in [1.54, 1.807) is 0 Å². The SMILES string of the molecule is Cc1nn(CCN2CCC(CO)CC2)cc1CN1C[C@H]2CC[C@H]1C2. The molecule has 0 aromatic carbocycles. The van der Waals surface area contributed by atoms with E-state index in [1.165, 1.54) is 37.1 Å². The minimum Gasteiger partial charge on any atom is -0.396 e. The molecule has 1 aromatic heterocycles. The van der Waals surface area contributed by atoms with Crippen LogP contribution in [0.3, 0.4) is 0 Å². The minimum atomic E-state index is 0.355. The summed E-state index contributed by atoms with van der Waals surface area (Å²) >= 11 is 0. The maximum absolute atomic E-state index is 9.24. The Bertz CT molecular complexity index is 550. The summed E-state index contributed by atoms with van der Waals surface area (Å²) in [4.78, 5) is 5.20. The van der Waals surface area contributed by atoms with Crippen LogP contribution in [0.2, 0.25) is 0 Å². The molecule has 0 radical (unpaired) electrons. The number of aromatic nitrogens is 2. The molecular formula is C19H32N4O. The quantitative estimate of drug-likeness (QED) is 0.864. The summed E-state index contributed by atoms with van der Waals surface area (Å²) in [6, 6.07) is 0.838. The lowest BCUT2D eigenvalue weighted by atomic mass is 9.98. The summed E-state index contributed by atoms with van der Waals surface area (Å²) in [6.45, 7) is 9.21. The number of fused-ring (bicyclic) bond motifs is 2. The fraction of sp³-hybridized carbons (Fsp3) is 0.842. The molecule has 2 atom stereocenters. The Morgan fingerprint density at radius 1 is 1.17 bits per heavy atom. The summed E-state index contributed by atoms with van der Waals surface area (Å²) in [5.74, 6) is 1.49. The van der Waals surface area contributed by atoms with Crippen LogP contribution in [0.5, 0.6) is 0 Å². The van der Waals surface area contributed by atoms with Gasteiger partial charge in [-0.25, -0.2) is 0 Å². The fourth-order valence-electron chi connectivity index (χ4n) is 4.90. The minimum absolute atomic E-state index is 0.355. The average molecular weight is 332 g/mol. The molecule has 5 nitrogen and oxygen atoms in total. The molecule has 3 fully saturated rings. The van der Waals surface area contributed by atoms with Crippen molar-refractivity contribution < 1.29 is 5.11 Å². The first-order chi connectivity index (χ1) is 11.7. The molecule has 1 N–H and O–H groups in total. The van der Waals surface area contributed by atoms with Crippen LogP contribution in [-0.2, 0) is 13.1 Å². The van der Waals surface area contributed by atoms with E-state index >= 15 is 0 Å². The van der Waals surface area contributed by atoms with Gasteiger partial charge in [-0.1, -0.05) is 0 Å². The predicted octanol–water partition coefficient (Wildman–Crippen LogP) is 1.88. The molecule has 2 saturated heterocycles. The number of aliphatic hydroxyl groups is 1. The van der Waals surface area contributed by atoms with Crippen LogP contribution >= 0.6 is 0 Å². The van der Waals surface area contributed by atoms with E-state index in [4.69, 9.17) is 5.10 Å². The van der Waals surface area contributed by atoms with Crippen molar-refractivity contribution in [1.82, 2.24) is 19.6 Å². The number of piperidine rings is 2. The van der Waals surface area contributed by atoms with Crippen molar-refractivity contribution in [2.24, 2.45) is 11.8 Å². The Labute approximate surface area is 145 Å². The molecule has 1 aromatic rings. The van der Waals surface area contributed by atoms with E-state index in [2.05, 4.69) is 27.6 Å². The predicted molar refractivity (Wildman–Crippen MR) is 94.8 cm³/mol. The number of rotatable bonds is 6. The molecule has 0 unspecified atom stereocenters. The molecule has 0 amide bonds. The molecule has 4 rings (SSSR count). The first-order valence-corrected chi connectivity index (χ1v) is 9.81. The first kappa shape index (κ1) is 16.6. The topological polar surface area (TPSA) is 44.5 Å². The number of nitrogens with zero attached hydrogens (tertiary/aromatic N) is 4. The van der Waals surface area contributed by atoms with Gasteiger partial charge in [0, 0.05) is 44.0 Å². The van der Waals surface area contributed by atoms with Gasteiger partial charge in [0.25, 0.3) is 0 Å². The smallest absolute Gasteiger partial charge is 0.0638 e. The third kappa shape index (κ3) is 3.53. The third-order valence-corrected chi connectivity index (χ3v) is 6.55. The maximum Gasteiger partial charge on any atom is 0.0638 e. The molecule has 0 spiro atoms. The van der Waals surface area contributed by atoms with E-state index < -0.39 is 0 Å². The van der Waals surface area contributed by atoms with Crippen LogP contribution < -0.4 is 0 Å². The van der Waals surface area contributed by atoms with Gasteiger partial charge < -0.3 is 10.0 Å². The van der Waals surface area contributed by atoms with Crippen molar-refractivity contribution in [2.75, 3.05) is 32.8 Å². The molecule has 1 aliphatic carbocycles. The van der Waals surface area contributed by atoms with E-state index in [0.29, 0.717) is 12.5 Å². The van der Waals surface area contributed by atoms with E-state index in [0.717, 1.165) is 57.5 Å². The highest BCUT2D eigenvalue weighted by Crippen LogP contribution is 2.38. The maximum atomic E-state index is 9.24. The zero-order chi connectivity index (χ0) is 16.5. The summed E-state index contributed by atoms with van der Waals surface area (Å²) in [6.07, 6.45) is 8.83. The Hall–Kier alpha value is -0.910. The molecule has 1 saturated carbocycles. The lowest BCUT2D eigenvalue weighted by Gasteiger charge is -2.30. The fourth-order valence-corrected chi connectivity index (χ4v) is 4.90. The van der Waals surface area contributed by atoms with Gasteiger partial charge >= 0.3 is 0 Å². The lowest BCUT2D eigenvalue weighted by molar-refractivity contribution is 0.128. The zero-order valence-electron chi connectivity index (χ0n) is 15.0. The first-order valence-electron chi connectivity index (χ1n) is 9.81. The normalized spacial score (nSPS) is 28.9. The Morgan fingerprint density at radius 2 is 2.00 bits per heavy atom. The molecule has 3 heterocycles. The summed E-state index contributed by atoms with van der Waals surface area (Å²) in [5, 5.41) is 14.0. The van der Waals surface area contributed by atoms with E-state index in [-0.39, 0.29) is 0 Å². The van der Waals surface area contributed by atoms with Crippen molar-refractivity contribution in [3.8, 4) is 0 Å². The van der Waals surface area contributed by atoms with E-state index in [9.17, 15) is 5.11 Å². The molecule has 134 valence electrons. The van der Waals surface area contributed by atoms with E-state index in [1.807, 2.05) is 0 Å². The number of aryl methyl sites for hydroxylation is 1. The van der Waals surface area contributed by atoms with Crippen LogP contribution in [0.1, 0.15) is 43.4 Å². The Morgan fingerprint density at radius 3 is 2.67 bits per heavy atom. The van der Waals surface area contributed by atoms with Gasteiger partial charge in [0.15, 0.2) is 0 Å². The number of likely N-dealkylation sites (tertiary alicyclic amines) is 2. The van der Waals surface area contributed by atoms with Crippen molar-refractivity contribution in [1.29, 1.82) is 0 Å². The van der Waals surface area contributed by atoms with Crippen molar-refractivity contribution in [3.63, 3.8) is 0 Å². The molecule has 2 aliphatic heterocycles. The second kappa shape index (κ2) is 7.14. The van der Waals surface area contributed by atoms with Gasteiger partial charge in [0.2, 0.25) is 0 Å². The number of aliphatic hydroxyl groups excluding tert-OH is 1. The van der Waals surface area contributed by atoms with Crippen LogP contribution in [0.15, 0.2) is 6.20 Å². The van der Waals surface area contributed by atoms with Gasteiger partial charge in [-0.05, 0) is 64.0 Å². The molecule has 5 heteroatoms. The highest BCUT2D eigenvalue weighted by molar-refractivity contribution is 5.16. The Balaban J connectivity index is 1.28. The molecular weight excluding hydrogens is 300 g/mol. The number of hydrogen-bond donors (Lipinski definition) is 1. The molecule has 3 aliphatic rings. The van der Waals surface area contributed by atoms with Gasteiger partial charge in [-0.3, -0.25) is 9.58 Å². The second-order valence-electron chi connectivity index (χ2n) is 8.23. The van der Waals surface area contributed by atoms with Gasteiger partial charge in [0.1, 0.15) is 0 Å². The summed E-state index contributed by atoms with van der Waals surface area (Å²) < 4.78 is 2.15. The highest BCUT2D eigenvalue weighted by atomic mass is 16.3. The highest BCUT2D eigenvalue weighted by Gasteiger charge is 2.37. The van der Waals surface area contributed by atoms with Gasteiger partial charge in [-0.2, -0.15) is 5.10 Å². The van der Waals surface area contributed by atoms with Crippen LogP contribution in [0.25, 0.3) is 0 Å². The van der Waals surface area contributed by atoms with Gasteiger partial charge in [0.05, 0.1) is 12.2 Å². The second-order valence-corrected chi connectivity index (χ2v) is 8.23.